The van der Waals surface area contributed by atoms with Crippen LogP contribution >= 0.6 is 0 Å². The number of hydrogen-bond acceptors (Lipinski definition) is 6. The molecule has 0 atom stereocenters. The number of carbonyl (C=O) groups is 2. The van der Waals surface area contributed by atoms with Crippen LogP contribution in [0.4, 0.5) is 5.82 Å². The molecule has 0 saturated carbocycles. The number of benzene rings is 1. The largest absolute Gasteiger partial charge is 0.454 e. The molecule has 4 rings (SSSR count). The minimum atomic E-state index is -0.332. The second-order valence-electron chi connectivity index (χ2n) is 6.95. The Morgan fingerprint density at radius 2 is 1.80 bits per heavy atom. The molecule has 156 valence electrons. The summed E-state index contributed by atoms with van der Waals surface area (Å²) in [5, 5.41) is 5.44. The molecule has 30 heavy (non-hydrogen) atoms. The second kappa shape index (κ2) is 7.90. The van der Waals surface area contributed by atoms with Crippen molar-refractivity contribution in [3.8, 4) is 11.5 Å². The van der Waals surface area contributed by atoms with Crippen LogP contribution in [-0.2, 0) is 30.2 Å². The number of aromatic nitrogens is 3. The lowest BCUT2D eigenvalue weighted by molar-refractivity contribution is -0.124. The molecule has 0 unspecified atom stereocenters. The lowest BCUT2D eigenvalue weighted by Crippen LogP contribution is -2.24. The van der Waals surface area contributed by atoms with Crippen molar-refractivity contribution in [2.24, 2.45) is 14.1 Å². The Bertz CT molecular complexity index is 1200. The topological polar surface area (TPSA) is 116 Å². The average molecular weight is 411 g/mol. The molecular formula is C20H21N5O5. The van der Waals surface area contributed by atoms with E-state index < -0.39 is 0 Å². The SMILES string of the molecule is Cn1c(=O)n(C)c2nc(NC(=O)CCC(=O)NCc3ccc4c(c3)OCO4)ccc21. The van der Waals surface area contributed by atoms with E-state index in [2.05, 4.69) is 15.6 Å². The number of hydrogen-bond donors (Lipinski definition) is 2. The number of imidazole rings is 1. The molecule has 1 aromatic carbocycles. The van der Waals surface area contributed by atoms with Gasteiger partial charge in [-0.3, -0.25) is 18.7 Å². The number of nitrogens with zero attached hydrogens (tertiary/aromatic N) is 3. The first kappa shape index (κ1) is 19.5. The molecule has 10 heteroatoms. The molecule has 0 saturated heterocycles. The van der Waals surface area contributed by atoms with Crippen LogP contribution < -0.4 is 25.8 Å². The summed E-state index contributed by atoms with van der Waals surface area (Å²) in [5.74, 6) is 1.10. The van der Waals surface area contributed by atoms with Gasteiger partial charge in [0.1, 0.15) is 5.82 Å². The van der Waals surface area contributed by atoms with E-state index >= 15 is 0 Å². The van der Waals surface area contributed by atoms with Gasteiger partial charge >= 0.3 is 5.69 Å². The fourth-order valence-corrected chi connectivity index (χ4v) is 3.21. The van der Waals surface area contributed by atoms with Crippen molar-refractivity contribution in [1.82, 2.24) is 19.4 Å². The predicted molar refractivity (Wildman–Crippen MR) is 108 cm³/mol. The maximum atomic E-state index is 12.2. The van der Waals surface area contributed by atoms with Crippen LogP contribution in [-0.4, -0.2) is 32.7 Å². The monoisotopic (exact) mass is 411 g/mol. The lowest BCUT2D eigenvalue weighted by atomic mass is 10.2. The number of fused-ring (bicyclic) bond motifs is 2. The average Bonchev–Trinajstić information content (AvgIpc) is 3.29. The Morgan fingerprint density at radius 3 is 2.63 bits per heavy atom. The Balaban J connectivity index is 1.28. The number of pyridine rings is 1. The van der Waals surface area contributed by atoms with Crippen LogP contribution in [0.5, 0.6) is 11.5 Å². The van der Waals surface area contributed by atoms with Crippen molar-refractivity contribution >= 4 is 28.8 Å². The molecule has 3 aromatic rings. The van der Waals surface area contributed by atoms with E-state index in [1.807, 2.05) is 12.1 Å². The maximum Gasteiger partial charge on any atom is 0.329 e. The maximum absolute atomic E-state index is 12.2. The van der Waals surface area contributed by atoms with Gasteiger partial charge in [0.25, 0.3) is 0 Å². The number of rotatable bonds is 6. The molecular weight excluding hydrogens is 390 g/mol. The minimum absolute atomic E-state index is 0.0143. The third-order valence-electron chi connectivity index (χ3n) is 4.88. The van der Waals surface area contributed by atoms with E-state index in [4.69, 9.17) is 9.47 Å². The summed E-state index contributed by atoms with van der Waals surface area (Å²) in [6.45, 7) is 0.528. The van der Waals surface area contributed by atoms with Crippen LogP contribution in [0.15, 0.2) is 35.1 Å². The first-order valence-electron chi connectivity index (χ1n) is 9.40. The van der Waals surface area contributed by atoms with Crippen molar-refractivity contribution < 1.29 is 19.1 Å². The van der Waals surface area contributed by atoms with Gasteiger partial charge in [-0.05, 0) is 29.8 Å². The third kappa shape index (κ3) is 3.84. The highest BCUT2D eigenvalue weighted by Crippen LogP contribution is 2.32. The number of aryl methyl sites for hydroxylation is 2. The summed E-state index contributed by atoms with van der Waals surface area (Å²) >= 11 is 0. The molecule has 0 fully saturated rings. The number of carbonyl (C=O) groups excluding carboxylic acids is 2. The summed E-state index contributed by atoms with van der Waals surface area (Å²) in [7, 11) is 3.28. The van der Waals surface area contributed by atoms with E-state index in [0.29, 0.717) is 35.0 Å². The Hall–Kier alpha value is -3.82. The van der Waals surface area contributed by atoms with E-state index in [1.165, 1.54) is 9.13 Å². The second-order valence-corrected chi connectivity index (χ2v) is 6.95. The zero-order chi connectivity index (χ0) is 21.3. The third-order valence-corrected chi connectivity index (χ3v) is 4.88. The van der Waals surface area contributed by atoms with Crippen LogP contribution in [0.1, 0.15) is 18.4 Å². The number of ether oxygens (including phenoxy) is 2. The van der Waals surface area contributed by atoms with E-state index in [1.54, 1.807) is 32.3 Å². The van der Waals surface area contributed by atoms with Gasteiger partial charge in [0.15, 0.2) is 17.1 Å². The lowest BCUT2D eigenvalue weighted by Gasteiger charge is -2.07. The smallest absolute Gasteiger partial charge is 0.329 e. The molecule has 10 nitrogen and oxygen atoms in total. The van der Waals surface area contributed by atoms with Crippen molar-refractivity contribution in [2.45, 2.75) is 19.4 Å². The van der Waals surface area contributed by atoms with Crippen molar-refractivity contribution in [3.63, 3.8) is 0 Å². The van der Waals surface area contributed by atoms with Gasteiger partial charge < -0.3 is 20.1 Å². The molecule has 2 N–H and O–H groups in total. The number of nitrogens with one attached hydrogen (secondary N) is 2. The molecule has 2 amide bonds. The zero-order valence-corrected chi connectivity index (χ0v) is 16.6. The molecule has 0 aliphatic carbocycles. The highest BCUT2D eigenvalue weighted by Gasteiger charge is 2.14. The van der Waals surface area contributed by atoms with Crippen molar-refractivity contribution in [3.05, 3.63) is 46.4 Å². The summed E-state index contributed by atoms with van der Waals surface area (Å²) in [4.78, 5) is 40.5. The van der Waals surface area contributed by atoms with Gasteiger partial charge in [0.05, 0.1) is 5.52 Å². The summed E-state index contributed by atoms with van der Waals surface area (Å²) < 4.78 is 13.5. The highest BCUT2D eigenvalue weighted by atomic mass is 16.7. The van der Waals surface area contributed by atoms with Gasteiger partial charge in [0, 0.05) is 33.5 Å². The molecule has 0 bridgehead atoms. The first-order chi connectivity index (χ1) is 14.4. The molecule has 2 aromatic heterocycles. The molecule has 1 aliphatic rings. The number of anilines is 1. The quantitative estimate of drug-likeness (QED) is 0.626. The first-order valence-corrected chi connectivity index (χ1v) is 9.40. The Labute approximate surface area is 171 Å². The molecule has 0 spiro atoms. The molecule has 0 radical (unpaired) electrons. The molecule has 1 aliphatic heterocycles. The van der Waals surface area contributed by atoms with E-state index in [0.717, 1.165) is 5.56 Å². The van der Waals surface area contributed by atoms with Crippen LogP contribution in [0.2, 0.25) is 0 Å². The van der Waals surface area contributed by atoms with Gasteiger partial charge in [0.2, 0.25) is 18.6 Å². The van der Waals surface area contributed by atoms with Gasteiger partial charge in [-0.2, -0.15) is 0 Å². The molecule has 3 heterocycles. The zero-order valence-electron chi connectivity index (χ0n) is 16.6. The normalized spacial score (nSPS) is 12.2. The Morgan fingerprint density at radius 1 is 1.03 bits per heavy atom. The minimum Gasteiger partial charge on any atom is -0.454 e. The van der Waals surface area contributed by atoms with Gasteiger partial charge in [-0.25, -0.2) is 9.78 Å². The number of amides is 2. The highest BCUT2D eigenvalue weighted by molar-refractivity contribution is 5.93. The van der Waals surface area contributed by atoms with Crippen LogP contribution in [0.3, 0.4) is 0 Å². The van der Waals surface area contributed by atoms with Crippen LogP contribution in [0, 0.1) is 0 Å². The van der Waals surface area contributed by atoms with Crippen molar-refractivity contribution in [1.29, 1.82) is 0 Å². The van der Waals surface area contributed by atoms with Gasteiger partial charge in [-0.15, -0.1) is 0 Å². The summed E-state index contributed by atoms with van der Waals surface area (Å²) in [6, 6.07) is 8.80. The van der Waals surface area contributed by atoms with Crippen molar-refractivity contribution in [2.75, 3.05) is 12.1 Å². The summed E-state index contributed by atoms with van der Waals surface area (Å²) in [6.07, 6.45) is 0.0584. The summed E-state index contributed by atoms with van der Waals surface area (Å²) in [5.41, 5.74) is 1.83. The van der Waals surface area contributed by atoms with E-state index in [9.17, 15) is 14.4 Å². The van der Waals surface area contributed by atoms with E-state index in [-0.39, 0.29) is 37.1 Å². The standard InChI is InChI=1S/C20H21N5O5/c1-24-13-4-6-16(23-19(13)25(2)20(24)28)22-18(27)8-7-17(26)21-10-12-3-5-14-15(9-12)30-11-29-14/h3-6,9H,7-8,10-11H2,1-2H3,(H,21,26)(H,22,23,27). The predicted octanol–water partition coefficient (Wildman–Crippen LogP) is 1.04. The van der Waals surface area contributed by atoms with Crippen LogP contribution in [0.25, 0.3) is 11.2 Å². The Kier molecular flexibility index (Phi) is 5.13. The van der Waals surface area contributed by atoms with Gasteiger partial charge in [-0.1, -0.05) is 6.07 Å². The fourth-order valence-electron chi connectivity index (χ4n) is 3.21. The fraction of sp³-hybridized carbons (Fsp3) is 0.300.